The van der Waals surface area contributed by atoms with Crippen molar-refractivity contribution in [2.24, 2.45) is 0 Å². The Morgan fingerprint density at radius 2 is 2.14 bits per heavy atom. The van der Waals surface area contributed by atoms with Crippen LogP contribution in [0.4, 0.5) is 0 Å². The monoisotopic (exact) mass is 196 g/mol. The minimum Gasteiger partial charge on any atom is -0.343 e. The van der Waals surface area contributed by atoms with E-state index in [1.807, 2.05) is 6.92 Å². The quantitative estimate of drug-likeness (QED) is 0.689. The molecule has 1 unspecified atom stereocenters. The number of piperazine rings is 1. The van der Waals surface area contributed by atoms with Gasteiger partial charge in [-0.2, -0.15) is 0 Å². The number of hydrogen-bond acceptors (Lipinski definition) is 2. The molecule has 2 aliphatic rings. The maximum absolute atomic E-state index is 11.9. The highest BCUT2D eigenvalue weighted by molar-refractivity contribution is 5.95. The maximum atomic E-state index is 11.9. The third-order valence-corrected chi connectivity index (χ3v) is 3.23. The first kappa shape index (κ1) is 9.49. The van der Waals surface area contributed by atoms with Crippen LogP contribution in [0.5, 0.6) is 0 Å². The number of carbonyl (C=O) groups is 2. The highest BCUT2D eigenvalue weighted by Gasteiger charge is 2.49. The smallest absolute Gasteiger partial charge is 0.246 e. The van der Waals surface area contributed by atoms with Crippen molar-refractivity contribution in [1.82, 2.24) is 10.2 Å². The second kappa shape index (κ2) is 2.97. The normalized spacial score (nSPS) is 30.1. The molecule has 0 spiro atoms. The molecule has 78 valence electrons. The standard InChI is InChI=1S/C10H16N2O2/c1-3-7-9(14)12(6-8(13)11-7)10(2)4-5-10/h7H,3-6H2,1-2H3,(H,11,13). The summed E-state index contributed by atoms with van der Waals surface area (Å²) in [4.78, 5) is 25.0. The van der Waals surface area contributed by atoms with E-state index in [0.29, 0.717) is 6.42 Å². The van der Waals surface area contributed by atoms with Gasteiger partial charge in [0.25, 0.3) is 0 Å². The highest BCUT2D eigenvalue weighted by atomic mass is 16.2. The zero-order valence-electron chi connectivity index (χ0n) is 8.67. The van der Waals surface area contributed by atoms with Crippen molar-refractivity contribution in [1.29, 1.82) is 0 Å². The Kier molecular flexibility index (Phi) is 2.01. The second-order valence-electron chi connectivity index (χ2n) is 4.45. The summed E-state index contributed by atoms with van der Waals surface area (Å²) < 4.78 is 0. The maximum Gasteiger partial charge on any atom is 0.246 e. The molecule has 1 aliphatic carbocycles. The van der Waals surface area contributed by atoms with Gasteiger partial charge in [-0.25, -0.2) is 0 Å². The number of hydrogen-bond donors (Lipinski definition) is 1. The largest absolute Gasteiger partial charge is 0.343 e. The van der Waals surface area contributed by atoms with E-state index in [1.54, 1.807) is 4.90 Å². The number of nitrogens with one attached hydrogen (secondary N) is 1. The van der Waals surface area contributed by atoms with Gasteiger partial charge in [-0.3, -0.25) is 9.59 Å². The fourth-order valence-electron chi connectivity index (χ4n) is 1.90. The molecule has 0 aromatic rings. The Balaban J connectivity index is 2.16. The summed E-state index contributed by atoms with van der Waals surface area (Å²) in [5, 5.41) is 2.72. The van der Waals surface area contributed by atoms with E-state index in [1.165, 1.54) is 0 Å². The van der Waals surface area contributed by atoms with Crippen molar-refractivity contribution in [2.75, 3.05) is 6.54 Å². The summed E-state index contributed by atoms with van der Waals surface area (Å²) in [6, 6.07) is -0.298. The molecule has 1 atom stereocenters. The first-order chi connectivity index (χ1) is 6.57. The van der Waals surface area contributed by atoms with Crippen LogP contribution in [0.2, 0.25) is 0 Å². The van der Waals surface area contributed by atoms with Crippen LogP contribution in [0.1, 0.15) is 33.1 Å². The molecular formula is C10H16N2O2. The molecule has 1 saturated carbocycles. The lowest BCUT2D eigenvalue weighted by Gasteiger charge is -2.36. The van der Waals surface area contributed by atoms with Gasteiger partial charge in [-0.05, 0) is 26.2 Å². The van der Waals surface area contributed by atoms with Gasteiger partial charge in [-0.15, -0.1) is 0 Å². The van der Waals surface area contributed by atoms with E-state index < -0.39 is 0 Å². The summed E-state index contributed by atoms with van der Waals surface area (Å²) in [7, 11) is 0. The Hall–Kier alpha value is -1.06. The Morgan fingerprint density at radius 3 is 2.64 bits per heavy atom. The molecule has 4 heteroatoms. The van der Waals surface area contributed by atoms with Crippen molar-refractivity contribution in [3.8, 4) is 0 Å². The first-order valence-electron chi connectivity index (χ1n) is 5.18. The molecule has 0 radical (unpaired) electrons. The van der Waals surface area contributed by atoms with Crippen molar-refractivity contribution < 1.29 is 9.59 Å². The van der Waals surface area contributed by atoms with Gasteiger partial charge >= 0.3 is 0 Å². The topological polar surface area (TPSA) is 49.4 Å². The van der Waals surface area contributed by atoms with Crippen LogP contribution in [0.3, 0.4) is 0 Å². The molecule has 1 saturated heterocycles. The summed E-state index contributed by atoms with van der Waals surface area (Å²) in [5.41, 5.74) is -0.0255. The lowest BCUT2D eigenvalue weighted by molar-refractivity contribution is -0.147. The van der Waals surface area contributed by atoms with E-state index in [-0.39, 0.29) is 29.9 Å². The number of carbonyl (C=O) groups excluding carboxylic acids is 2. The van der Waals surface area contributed by atoms with Crippen LogP contribution in [-0.2, 0) is 9.59 Å². The van der Waals surface area contributed by atoms with Crippen LogP contribution < -0.4 is 5.32 Å². The molecule has 1 aliphatic heterocycles. The van der Waals surface area contributed by atoms with Gasteiger partial charge in [0.15, 0.2) is 0 Å². The Labute approximate surface area is 83.6 Å². The lowest BCUT2D eigenvalue weighted by Crippen LogP contribution is -2.60. The van der Waals surface area contributed by atoms with E-state index in [4.69, 9.17) is 0 Å². The fraction of sp³-hybridized carbons (Fsp3) is 0.800. The van der Waals surface area contributed by atoms with Gasteiger partial charge in [0.1, 0.15) is 12.6 Å². The van der Waals surface area contributed by atoms with E-state index in [9.17, 15) is 9.59 Å². The molecular weight excluding hydrogens is 180 g/mol. The molecule has 2 rings (SSSR count). The molecule has 1 heterocycles. The molecule has 2 fully saturated rings. The van der Waals surface area contributed by atoms with Gasteiger partial charge in [0.2, 0.25) is 11.8 Å². The predicted molar refractivity (Wildman–Crippen MR) is 51.6 cm³/mol. The summed E-state index contributed by atoms with van der Waals surface area (Å²) in [6.45, 7) is 4.21. The number of rotatable bonds is 2. The van der Waals surface area contributed by atoms with Crippen molar-refractivity contribution >= 4 is 11.8 Å². The van der Waals surface area contributed by atoms with Crippen molar-refractivity contribution in [3.63, 3.8) is 0 Å². The van der Waals surface area contributed by atoms with Crippen molar-refractivity contribution in [3.05, 3.63) is 0 Å². The van der Waals surface area contributed by atoms with Crippen LogP contribution in [0.15, 0.2) is 0 Å². The second-order valence-corrected chi connectivity index (χ2v) is 4.45. The molecule has 2 amide bonds. The third kappa shape index (κ3) is 1.38. The van der Waals surface area contributed by atoms with Gasteiger partial charge in [0, 0.05) is 5.54 Å². The van der Waals surface area contributed by atoms with Crippen molar-refractivity contribution in [2.45, 2.75) is 44.7 Å². The average Bonchev–Trinajstić information content (AvgIpc) is 2.88. The molecule has 0 aromatic heterocycles. The summed E-state index contributed by atoms with van der Waals surface area (Å²) >= 11 is 0. The minimum absolute atomic E-state index is 0.0235. The van der Waals surface area contributed by atoms with E-state index >= 15 is 0 Å². The summed E-state index contributed by atoms with van der Waals surface area (Å²) in [6.07, 6.45) is 2.74. The Bertz CT molecular complexity index is 284. The first-order valence-corrected chi connectivity index (χ1v) is 5.18. The van der Waals surface area contributed by atoms with Crippen LogP contribution in [0.25, 0.3) is 0 Å². The molecule has 14 heavy (non-hydrogen) atoms. The van der Waals surface area contributed by atoms with E-state index in [0.717, 1.165) is 12.8 Å². The van der Waals surface area contributed by atoms with Crippen LogP contribution in [-0.4, -0.2) is 34.8 Å². The fourth-order valence-corrected chi connectivity index (χ4v) is 1.90. The molecule has 1 N–H and O–H groups in total. The lowest BCUT2D eigenvalue weighted by atomic mass is 10.1. The SMILES string of the molecule is CCC1NC(=O)CN(C2(C)CC2)C1=O. The van der Waals surface area contributed by atoms with Crippen LogP contribution in [0, 0.1) is 0 Å². The zero-order valence-corrected chi connectivity index (χ0v) is 8.67. The Morgan fingerprint density at radius 1 is 1.50 bits per heavy atom. The number of nitrogens with zero attached hydrogens (tertiary/aromatic N) is 1. The highest BCUT2D eigenvalue weighted by Crippen LogP contribution is 2.41. The minimum atomic E-state index is -0.298. The number of amides is 2. The molecule has 4 nitrogen and oxygen atoms in total. The average molecular weight is 196 g/mol. The molecule has 0 aromatic carbocycles. The van der Waals surface area contributed by atoms with Gasteiger partial charge < -0.3 is 10.2 Å². The molecule has 0 bridgehead atoms. The van der Waals surface area contributed by atoms with Gasteiger partial charge in [-0.1, -0.05) is 6.92 Å². The predicted octanol–water partition coefficient (Wildman–Crippen LogP) is 0.276. The summed E-state index contributed by atoms with van der Waals surface area (Å²) in [5.74, 6) is 0.0664. The zero-order chi connectivity index (χ0) is 10.3. The van der Waals surface area contributed by atoms with Gasteiger partial charge in [0.05, 0.1) is 0 Å². The van der Waals surface area contributed by atoms with E-state index in [2.05, 4.69) is 12.2 Å². The van der Waals surface area contributed by atoms with Crippen LogP contribution >= 0.6 is 0 Å². The third-order valence-electron chi connectivity index (χ3n) is 3.23.